The van der Waals surface area contributed by atoms with Gasteiger partial charge in [0.15, 0.2) is 0 Å². The Balaban J connectivity index is 1.58. The zero-order chi connectivity index (χ0) is 17.2. The summed E-state index contributed by atoms with van der Waals surface area (Å²) < 4.78 is 12.8. The number of nitrogens with zero attached hydrogens (tertiary/aromatic N) is 4. The number of ether oxygens (including phenoxy) is 2. The molecule has 0 amide bonds. The van der Waals surface area contributed by atoms with Crippen LogP contribution in [0.2, 0.25) is 0 Å². The van der Waals surface area contributed by atoms with Crippen molar-refractivity contribution in [2.45, 2.75) is 38.1 Å². The van der Waals surface area contributed by atoms with Crippen LogP contribution in [-0.2, 0) is 23.1 Å². The van der Waals surface area contributed by atoms with Gasteiger partial charge in [-0.05, 0) is 37.1 Å². The van der Waals surface area contributed by atoms with Crippen LogP contribution in [0.4, 0.5) is 0 Å². The topological polar surface area (TPSA) is 82.3 Å². The lowest BCUT2D eigenvalue weighted by molar-refractivity contribution is -0.0842. The number of rotatable bonds is 5. The number of hydrogen-bond acceptors (Lipinski definition) is 6. The van der Waals surface area contributed by atoms with Crippen LogP contribution in [0.15, 0.2) is 36.6 Å². The molecule has 2 aliphatic rings. The van der Waals surface area contributed by atoms with Crippen molar-refractivity contribution in [2.75, 3.05) is 0 Å². The molecule has 1 saturated carbocycles. The minimum atomic E-state index is -0.425. The van der Waals surface area contributed by atoms with E-state index in [0.29, 0.717) is 23.9 Å². The number of aromatic hydroxyl groups is 1. The van der Waals surface area contributed by atoms with Crippen LogP contribution in [0, 0.1) is 0 Å². The Labute approximate surface area is 145 Å². The average Bonchev–Trinajstić information content (AvgIpc) is 2.95. The summed E-state index contributed by atoms with van der Waals surface area (Å²) >= 11 is 0. The Hall–Kier alpha value is -2.67. The third-order valence-electron chi connectivity index (χ3n) is 4.63. The SMILES string of the molecule is Cn1nnc(-c2ccc(O)c(C3CCC3)n2)c1COC1C=CC=CO1. The van der Waals surface area contributed by atoms with E-state index in [-0.39, 0.29) is 5.75 Å². The molecule has 1 aliphatic carbocycles. The van der Waals surface area contributed by atoms with Gasteiger partial charge in [-0.15, -0.1) is 5.10 Å². The molecule has 1 fully saturated rings. The zero-order valence-corrected chi connectivity index (χ0v) is 14.0. The highest BCUT2D eigenvalue weighted by Gasteiger charge is 2.25. The molecule has 2 aromatic heterocycles. The van der Waals surface area contributed by atoms with Crippen molar-refractivity contribution >= 4 is 0 Å². The van der Waals surface area contributed by atoms with E-state index in [1.54, 1.807) is 29.2 Å². The molecule has 4 rings (SSSR count). The van der Waals surface area contributed by atoms with E-state index in [4.69, 9.17) is 9.47 Å². The first kappa shape index (κ1) is 15.8. The Bertz CT molecular complexity index is 824. The average molecular weight is 340 g/mol. The number of pyridine rings is 1. The highest BCUT2D eigenvalue weighted by atomic mass is 16.7. The summed E-state index contributed by atoms with van der Waals surface area (Å²) in [6.45, 7) is 0.295. The molecule has 1 unspecified atom stereocenters. The van der Waals surface area contributed by atoms with Gasteiger partial charge < -0.3 is 14.6 Å². The Kier molecular flexibility index (Phi) is 4.23. The second-order valence-electron chi connectivity index (χ2n) is 6.27. The summed E-state index contributed by atoms with van der Waals surface area (Å²) in [5.74, 6) is 0.589. The van der Waals surface area contributed by atoms with Crippen LogP contribution >= 0.6 is 0 Å². The highest BCUT2D eigenvalue weighted by Crippen LogP contribution is 2.40. The predicted molar refractivity (Wildman–Crippen MR) is 90.4 cm³/mol. The van der Waals surface area contributed by atoms with E-state index in [2.05, 4.69) is 15.3 Å². The number of aryl methyl sites for hydroxylation is 1. The standard InChI is InChI=1S/C18H20N4O3/c1-22-14(11-25-16-7-2-3-10-24-16)18(20-21-22)13-8-9-15(23)17(19-13)12-5-4-6-12/h2-3,7-10,12,16,23H,4-6,11H2,1H3. The Morgan fingerprint density at radius 1 is 1.32 bits per heavy atom. The van der Waals surface area contributed by atoms with Crippen LogP contribution in [0.5, 0.6) is 5.75 Å². The second-order valence-corrected chi connectivity index (χ2v) is 6.27. The van der Waals surface area contributed by atoms with Crippen LogP contribution in [0.1, 0.15) is 36.6 Å². The molecule has 1 atom stereocenters. The number of aromatic nitrogens is 4. The van der Waals surface area contributed by atoms with Gasteiger partial charge in [0.2, 0.25) is 6.29 Å². The second kappa shape index (κ2) is 6.68. The minimum absolute atomic E-state index is 0.252. The third kappa shape index (κ3) is 3.15. The smallest absolute Gasteiger partial charge is 0.219 e. The van der Waals surface area contributed by atoms with Gasteiger partial charge in [-0.25, -0.2) is 9.67 Å². The molecule has 0 aromatic carbocycles. The number of hydrogen-bond donors (Lipinski definition) is 1. The molecule has 7 nitrogen and oxygen atoms in total. The summed E-state index contributed by atoms with van der Waals surface area (Å²) in [6, 6.07) is 3.46. The van der Waals surface area contributed by atoms with Crippen LogP contribution in [-0.4, -0.2) is 31.4 Å². The normalized spacial score (nSPS) is 19.6. The summed E-state index contributed by atoms with van der Waals surface area (Å²) in [5.41, 5.74) is 2.93. The van der Waals surface area contributed by atoms with Crippen molar-refractivity contribution < 1.29 is 14.6 Å². The van der Waals surface area contributed by atoms with Crippen molar-refractivity contribution in [2.24, 2.45) is 7.05 Å². The lowest BCUT2D eigenvalue weighted by Gasteiger charge is -2.25. The molecule has 1 aliphatic heterocycles. The maximum atomic E-state index is 10.1. The van der Waals surface area contributed by atoms with Crippen molar-refractivity contribution in [1.82, 2.24) is 20.0 Å². The van der Waals surface area contributed by atoms with Gasteiger partial charge in [-0.1, -0.05) is 17.7 Å². The lowest BCUT2D eigenvalue weighted by atomic mass is 9.82. The maximum absolute atomic E-state index is 10.1. The fraction of sp³-hybridized carbons (Fsp3) is 0.389. The quantitative estimate of drug-likeness (QED) is 0.901. The van der Waals surface area contributed by atoms with Gasteiger partial charge >= 0.3 is 0 Å². The first-order valence-electron chi connectivity index (χ1n) is 8.41. The third-order valence-corrected chi connectivity index (χ3v) is 4.63. The molecule has 0 radical (unpaired) electrons. The van der Waals surface area contributed by atoms with E-state index in [1.165, 1.54) is 6.42 Å². The molecule has 2 aromatic rings. The first-order chi connectivity index (χ1) is 12.2. The number of allylic oxidation sites excluding steroid dienone is 2. The maximum Gasteiger partial charge on any atom is 0.219 e. The van der Waals surface area contributed by atoms with Gasteiger partial charge in [0.1, 0.15) is 11.4 Å². The summed E-state index contributed by atoms with van der Waals surface area (Å²) in [4.78, 5) is 4.66. The predicted octanol–water partition coefficient (Wildman–Crippen LogP) is 2.79. The largest absolute Gasteiger partial charge is 0.506 e. The molecule has 7 heteroatoms. The van der Waals surface area contributed by atoms with E-state index >= 15 is 0 Å². The zero-order valence-electron chi connectivity index (χ0n) is 14.0. The molecule has 0 spiro atoms. The lowest BCUT2D eigenvalue weighted by Crippen LogP contribution is -2.15. The summed E-state index contributed by atoms with van der Waals surface area (Å²) in [7, 11) is 1.82. The van der Waals surface area contributed by atoms with E-state index < -0.39 is 6.29 Å². The first-order valence-corrected chi connectivity index (χ1v) is 8.41. The molecule has 0 saturated heterocycles. The fourth-order valence-electron chi connectivity index (χ4n) is 2.94. The van der Waals surface area contributed by atoms with Crippen molar-refractivity contribution in [3.63, 3.8) is 0 Å². The van der Waals surface area contributed by atoms with Crippen molar-refractivity contribution in [1.29, 1.82) is 0 Å². The van der Waals surface area contributed by atoms with Crippen molar-refractivity contribution in [3.8, 4) is 17.1 Å². The van der Waals surface area contributed by atoms with Gasteiger partial charge in [0.05, 0.1) is 30.0 Å². The van der Waals surface area contributed by atoms with E-state index in [0.717, 1.165) is 24.2 Å². The summed E-state index contributed by atoms with van der Waals surface area (Å²) in [6.07, 6.45) is 10.0. The highest BCUT2D eigenvalue weighted by molar-refractivity contribution is 5.58. The monoisotopic (exact) mass is 340 g/mol. The molecule has 3 heterocycles. The Morgan fingerprint density at radius 3 is 2.92 bits per heavy atom. The van der Waals surface area contributed by atoms with Gasteiger partial charge in [-0.2, -0.15) is 0 Å². The van der Waals surface area contributed by atoms with Crippen molar-refractivity contribution in [3.05, 3.63) is 48.0 Å². The van der Waals surface area contributed by atoms with Crippen LogP contribution in [0.3, 0.4) is 0 Å². The van der Waals surface area contributed by atoms with Crippen LogP contribution < -0.4 is 0 Å². The Morgan fingerprint density at radius 2 is 2.20 bits per heavy atom. The fourth-order valence-corrected chi connectivity index (χ4v) is 2.94. The molecular formula is C18H20N4O3. The molecule has 25 heavy (non-hydrogen) atoms. The molecule has 130 valence electrons. The van der Waals surface area contributed by atoms with E-state index in [9.17, 15) is 5.11 Å². The van der Waals surface area contributed by atoms with Crippen LogP contribution in [0.25, 0.3) is 11.4 Å². The summed E-state index contributed by atoms with van der Waals surface area (Å²) in [5, 5.41) is 18.4. The molecule has 0 bridgehead atoms. The van der Waals surface area contributed by atoms with Gasteiger partial charge in [0.25, 0.3) is 0 Å². The molecule has 1 N–H and O–H groups in total. The van der Waals surface area contributed by atoms with E-state index in [1.807, 2.05) is 19.2 Å². The van der Waals surface area contributed by atoms with Gasteiger partial charge in [0, 0.05) is 13.0 Å². The van der Waals surface area contributed by atoms with Gasteiger partial charge in [-0.3, -0.25) is 0 Å². The molecular weight excluding hydrogens is 320 g/mol. The minimum Gasteiger partial charge on any atom is -0.506 e.